The van der Waals surface area contributed by atoms with Gasteiger partial charge in [0.05, 0.1) is 6.61 Å². The molecule has 8 atom stereocenters. The molecule has 5 aliphatic rings. The molecule has 2 aromatic rings. The topological polar surface area (TPSA) is 96.0 Å². The zero-order valence-corrected chi connectivity index (χ0v) is 36.5. The Balaban J connectivity index is 1.18. The van der Waals surface area contributed by atoms with Gasteiger partial charge in [-0.1, -0.05) is 65.7 Å². The molecule has 0 amide bonds. The summed E-state index contributed by atoms with van der Waals surface area (Å²) in [5.41, 5.74) is 2.56. The van der Waals surface area contributed by atoms with Crippen molar-refractivity contribution in [2.24, 2.45) is 58.2 Å². The number of hydrogen-bond donors (Lipinski definition) is 0. The number of ether oxygens (including phenoxy) is 3. The average Bonchev–Trinajstić information content (AvgIpc) is 3.83. The molecule has 7 nitrogen and oxygen atoms in total. The van der Waals surface area contributed by atoms with Crippen molar-refractivity contribution in [3.8, 4) is 11.5 Å². The van der Waals surface area contributed by atoms with Crippen LogP contribution in [0.3, 0.4) is 0 Å². The van der Waals surface area contributed by atoms with Gasteiger partial charge in [-0.05, 0) is 140 Å². The second-order valence-electron chi connectivity index (χ2n) is 20.4. The predicted molar refractivity (Wildman–Crippen MR) is 230 cm³/mol. The van der Waals surface area contributed by atoms with Crippen LogP contribution in [0.25, 0.3) is 16.3 Å². The summed E-state index contributed by atoms with van der Waals surface area (Å²) in [4.78, 5) is 56.3. The number of rotatable bonds is 20. The van der Waals surface area contributed by atoms with Crippen LogP contribution in [0.15, 0.2) is 48.1 Å². The molecule has 0 bridgehead atoms. The van der Waals surface area contributed by atoms with Crippen LogP contribution in [0.5, 0.6) is 11.5 Å². The molecule has 7 heteroatoms. The summed E-state index contributed by atoms with van der Waals surface area (Å²) in [7, 11) is 1.66. The number of Topliss-reactive ketones (excluding diaryl/α,β-unsaturated/α-hetero) is 4. The summed E-state index contributed by atoms with van der Waals surface area (Å²) in [5.74, 6) is 2.90. The second kappa shape index (κ2) is 17.2. The summed E-state index contributed by atoms with van der Waals surface area (Å²) >= 11 is 0. The molecule has 0 aromatic heterocycles. The van der Waals surface area contributed by atoms with E-state index in [9.17, 15) is 14.4 Å². The van der Waals surface area contributed by atoms with Gasteiger partial charge in [0.1, 0.15) is 47.3 Å². The van der Waals surface area contributed by atoms with Crippen molar-refractivity contribution < 1.29 is 33.4 Å². The molecule has 0 saturated heterocycles. The minimum atomic E-state index is -0.621. The lowest BCUT2D eigenvalue weighted by atomic mass is 9.69. The first-order valence-corrected chi connectivity index (χ1v) is 22.4. The van der Waals surface area contributed by atoms with Gasteiger partial charge in [0.15, 0.2) is 0 Å². The maximum atomic E-state index is 15.0. The molecule has 0 spiro atoms. The van der Waals surface area contributed by atoms with Gasteiger partial charge in [-0.3, -0.25) is 19.2 Å². The second-order valence-corrected chi connectivity index (χ2v) is 20.4. The van der Waals surface area contributed by atoms with E-state index in [0.29, 0.717) is 44.3 Å². The van der Waals surface area contributed by atoms with Crippen LogP contribution in [0.4, 0.5) is 0 Å². The van der Waals surface area contributed by atoms with Crippen LogP contribution in [0, 0.1) is 58.2 Å². The zero-order valence-electron chi connectivity index (χ0n) is 36.5. The third-order valence-corrected chi connectivity index (χ3v) is 14.6. The maximum absolute atomic E-state index is 15.0. The summed E-state index contributed by atoms with van der Waals surface area (Å²) in [6.45, 7) is 15.3. The molecule has 314 valence electrons. The van der Waals surface area contributed by atoms with Gasteiger partial charge >= 0.3 is 0 Å². The number of ketones is 4. The van der Waals surface area contributed by atoms with E-state index < -0.39 is 28.6 Å². The fourth-order valence-corrected chi connectivity index (χ4v) is 11.2. The van der Waals surface area contributed by atoms with E-state index in [4.69, 9.17) is 14.2 Å². The molecule has 2 aromatic carbocycles. The van der Waals surface area contributed by atoms with Crippen LogP contribution < -0.4 is 9.47 Å². The van der Waals surface area contributed by atoms with E-state index in [1.54, 1.807) is 14.0 Å². The molecule has 4 fully saturated rings. The first kappa shape index (κ1) is 42.5. The largest absolute Gasteiger partial charge is 0.491 e. The molecule has 7 rings (SSSR count). The summed E-state index contributed by atoms with van der Waals surface area (Å²) in [5, 5.41) is 1.92. The fourth-order valence-electron chi connectivity index (χ4n) is 11.2. The summed E-state index contributed by atoms with van der Waals surface area (Å²) in [6.07, 6.45) is 13.1. The van der Waals surface area contributed by atoms with Gasteiger partial charge < -0.3 is 14.2 Å². The van der Waals surface area contributed by atoms with Gasteiger partial charge in [0.2, 0.25) is 0 Å². The van der Waals surface area contributed by atoms with Crippen LogP contribution in [0.2, 0.25) is 0 Å². The minimum absolute atomic E-state index is 0.00449. The standard InChI is InChI=1S/C51H68O7/c1-9-39-28-51(39,31(4)52)29-47(54)44-26-42(27-45(44)49(55)46(50(5,6)7)25-40(53)20-33-18-35-21-36(35)19-33)58-48-24-37(34-11-10-32(17-34)16-30(2)3)22-38-23-41(12-13-43(38)48)57-15-14-56-8/h11-13,17,22-24,30,33,35-36,39,42,44-46H,9-10,14-16,18-21,25-29H2,1-8H3. The lowest BCUT2D eigenvalue weighted by Crippen LogP contribution is -2.38. The number of allylic oxidation sites excluding steroid dienone is 4. The molecule has 4 saturated carbocycles. The Morgan fingerprint density at radius 2 is 1.67 bits per heavy atom. The number of hydrogen-bond acceptors (Lipinski definition) is 7. The number of carbonyl (C=O) groups excluding carboxylic acids is 4. The zero-order chi connectivity index (χ0) is 41.5. The number of methoxy groups -OCH3 is 1. The Bertz CT molecular complexity index is 1950. The van der Waals surface area contributed by atoms with Crippen LogP contribution in [-0.2, 0) is 23.9 Å². The highest BCUT2D eigenvalue weighted by atomic mass is 16.5. The Morgan fingerprint density at radius 3 is 2.33 bits per heavy atom. The number of carbonyl (C=O) groups is 4. The van der Waals surface area contributed by atoms with Crippen LogP contribution in [0.1, 0.15) is 131 Å². The quantitative estimate of drug-likeness (QED) is 0.123. The molecule has 0 aliphatic heterocycles. The Kier molecular flexibility index (Phi) is 12.6. The fraction of sp³-hybridized carbons (Fsp3) is 0.647. The normalized spacial score (nSPS) is 29.2. The van der Waals surface area contributed by atoms with E-state index in [1.807, 2.05) is 18.2 Å². The molecular weight excluding hydrogens is 725 g/mol. The first-order chi connectivity index (χ1) is 27.6. The van der Waals surface area contributed by atoms with Crippen LogP contribution in [-0.4, -0.2) is 49.6 Å². The van der Waals surface area contributed by atoms with Crippen molar-refractivity contribution in [1.29, 1.82) is 0 Å². The lowest BCUT2D eigenvalue weighted by molar-refractivity contribution is -0.139. The van der Waals surface area contributed by atoms with Gasteiger partial charge in [-0.2, -0.15) is 0 Å². The summed E-state index contributed by atoms with van der Waals surface area (Å²) in [6, 6.07) is 10.3. The van der Waals surface area contributed by atoms with Gasteiger partial charge in [0.25, 0.3) is 0 Å². The lowest BCUT2D eigenvalue weighted by Gasteiger charge is -2.33. The van der Waals surface area contributed by atoms with E-state index in [1.165, 1.54) is 12.0 Å². The molecule has 0 radical (unpaired) electrons. The maximum Gasteiger partial charge on any atom is 0.140 e. The Morgan fingerprint density at radius 1 is 0.931 bits per heavy atom. The first-order valence-electron chi connectivity index (χ1n) is 22.4. The minimum Gasteiger partial charge on any atom is -0.491 e. The van der Waals surface area contributed by atoms with Crippen LogP contribution >= 0.6 is 0 Å². The van der Waals surface area contributed by atoms with Crippen molar-refractivity contribution in [2.75, 3.05) is 20.3 Å². The van der Waals surface area contributed by atoms with Crippen molar-refractivity contribution >= 4 is 39.5 Å². The highest BCUT2D eigenvalue weighted by Gasteiger charge is 2.59. The summed E-state index contributed by atoms with van der Waals surface area (Å²) < 4.78 is 18.2. The third kappa shape index (κ3) is 9.40. The third-order valence-electron chi connectivity index (χ3n) is 14.6. The number of benzene rings is 2. The van der Waals surface area contributed by atoms with Gasteiger partial charge in [0, 0.05) is 54.9 Å². The van der Waals surface area contributed by atoms with Crippen molar-refractivity contribution in [3.63, 3.8) is 0 Å². The smallest absolute Gasteiger partial charge is 0.140 e. The highest BCUT2D eigenvalue weighted by molar-refractivity contribution is 5.98. The SMILES string of the molecule is CCC1CC1(CC(=O)C1CC(Oc2cc(C3=CCC(CC(C)C)=C3)cc3cc(OCCOC)ccc23)CC1C(=O)C(CC(=O)CC1CC2CC2C1)C(C)(C)C)C(C)=O. The van der Waals surface area contributed by atoms with Crippen molar-refractivity contribution in [1.82, 2.24) is 0 Å². The molecule has 8 unspecified atom stereocenters. The highest BCUT2D eigenvalue weighted by Crippen LogP contribution is 2.59. The monoisotopic (exact) mass is 792 g/mol. The van der Waals surface area contributed by atoms with E-state index in [0.717, 1.165) is 83.8 Å². The van der Waals surface area contributed by atoms with Crippen molar-refractivity contribution in [3.05, 3.63) is 53.6 Å². The van der Waals surface area contributed by atoms with Gasteiger partial charge in [-0.15, -0.1) is 0 Å². The van der Waals surface area contributed by atoms with E-state index in [-0.39, 0.29) is 48.0 Å². The Labute approximate surface area is 347 Å². The predicted octanol–water partition coefficient (Wildman–Crippen LogP) is 11.0. The molecular formula is C51H68O7. The molecule has 58 heavy (non-hydrogen) atoms. The van der Waals surface area contributed by atoms with Crippen molar-refractivity contribution in [2.45, 2.75) is 132 Å². The van der Waals surface area contributed by atoms with E-state index in [2.05, 4.69) is 65.8 Å². The molecule has 0 N–H and O–H groups in total. The van der Waals surface area contributed by atoms with Gasteiger partial charge in [-0.25, -0.2) is 0 Å². The molecule has 5 aliphatic carbocycles. The number of fused-ring (bicyclic) bond motifs is 2. The van der Waals surface area contributed by atoms with E-state index >= 15 is 4.79 Å². The average molecular weight is 793 g/mol. The molecule has 0 heterocycles. The Hall–Kier alpha value is -3.58.